The summed E-state index contributed by atoms with van der Waals surface area (Å²) in [6.07, 6.45) is 0. The van der Waals surface area contributed by atoms with Gasteiger partial charge in [0.2, 0.25) is 0 Å². The molecule has 0 spiro atoms. The van der Waals surface area contributed by atoms with E-state index >= 15 is 0 Å². The summed E-state index contributed by atoms with van der Waals surface area (Å²) in [6, 6.07) is 12.9. The number of piperazine rings is 2. The van der Waals surface area contributed by atoms with Gasteiger partial charge in [-0.1, -0.05) is 0 Å². The molecule has 3 amide bonds. The lowest BCUT2D eigenvalue weighted by Gasteiger charge is -2.37. The monoisotopic (exact) mass is 551 g/mol. The molecule has 0 bridgehead atoms. The van der Waals surface area contributed by atoms with Crippen LogP contribution >= 0.6 is 0 Å². The van der Waals surface area contributed by atoms with Crippen molar-refractivity contribution in [1.82, 2.24) is 15.1 Å². The maximum Gasteiger partial charge on any atom is 0.255 e. The van der Waals surface area contributed by atoms with Crippen molar-refractivity contribution in [2.45, 2.75) is 0 Å². The van der Waals surface area contributed by atoms with Crippen LogP contribution in [0.1, 0.15) is 31.1 Å². The normalized spacial score (nSPS) is 15.6. The second kappa shape index (κ2) is 11.8. The summed E-state index contributed by atoms with van der Waals surface area (Å²) in [4.78, 5) is 44.4. The third-order valence-electron chi connectivity index (χ3n) is 7.02. The van der Waals surface area contributed by atoms with Gasteiger partial charge < -0.3 is 25.3 Å². The number of hydrogen-bond donors (Lipinski definition) is 2. The third kappa shape index (κ3) is 6.09. The summed E-state index contributed by atoms with van der Waals surface area (Å²) >= 11 is 0. The molecule has 0 aliphatic carbocycles. The number of nitrogens with one attached hydrogen (secondary N) is 2. The Morgan fingerprint density at radius 1 is 0.625 bits per heavy atom. The molecule has 2 saturated heterocycles. The summed E-state index contributed by atoms with van der Waals surface area (Å²) in [5.74, 6) is -3.30. The fourth-order valence-electron chi connectivity index (χ4n) is 4.90. The molecule has 2 heterocycles. The van der Waals surface area contributed by atoms with E-state index < -0.39 is 23.4 Å². The SMILES string of the molecule is O=C(Nc1cc(C(=O)N2CCNCC2)ccc1N1CCN(C(=O)c2ccc(F)cc2)CC1)c1cc(F)cc(F)c1. The van der Waals surface area contributed by atoms with E-state index in [9.17, 15) is 27.6 Å². The van der Waals surface area contributed by atoms with Gasteiger partial charge >= 0.3 is 0 Å². The van der Waals surface area contributed by atoms with Gasteiger partial charge in [0.1, 0.15) is 17.5 Å². The van der Waals surface area contributed by atoms with Crippen molar-refractivity contribution in [1.29, 1.82) is 0 Å². The van der Waals surface area contributed by atoms with Crippen molar-refractivity contribution >= 4 is 29.1 Å². The number of nitrogens with zero attached hydrogens (tertiary/aromatic N) is 3. The lowest BCUT2D eigenvalue weighted by Crippen LogP contribution is -2.49. The predicted octanol–water partition coefficient (Wildman–Crippen LogP) is 3.36. The van der Waals surface area contributed by atoms with Gasteiger partial charge in [-0.2, -0.15) is 0 Å². The largest absolute Gasteiger partial charge is 0.366 e. The van der Waals surface area contributed by atoms with Crippen LogP contribution in [0.2, 0.25) is 0 Å². The third-order valence-corrected chi connectivity index (χ3v) is 7.02. The summed E-state index contributed by atoms with van der Waals surface area (Å²) in [5.41, 5.74) is 1.49. The summed E-state index contributed by atoms with van der Waals surface area (Å²) in [6.45, 7) is 4.06. The van der Waals surface area contributed by atoms with E-state index in [0.717, 1.165) is 12.1 Å². The number of hydrogen-bond acceptors (Lipinski definition) is 5. The summed E-state index contributed by atoms with van der Waals surface area (Å²) in [5, 5.41) is 5.93. The molecule has 0 saturated carbocycles. The molecule has 0 unspecified atom stereocenters. The molecule has 11 heteroatoms. The lowest BCUT2D eigenvalue weighted by atomic mass is 10.1. The second-order valence-electron chi connectivity index (χ2n) is 9.67. The number of carbonyl (C=O) groups excluding carboxylic acids is 3. The van der Waals surface area contributed by atoms with Gasteiger partial charge in [-0.15, -0.1) is 0 Å². The van der Waals surface area contributed by atoms with Gasteiger partial charge in [0.05, 0.1) is 11.4 Å². The van der Waals surface area contributed by atoms with Crippen LogP contribution in [-0.4, -0.2) is 79.9 Å². The maximum absolute atomic E-state index is 13.8. The number of amides is 3. The molecular weight excluding hydrogens is 523 g/mol. The molecule has 2 aliphatic rings. The number of halogens is 3. The van der Waals surface area contributed by atoms with Crippen LogP contribution in [-0.2, 0) is 0 Å². The molecule has 0 atom stereocenters. The van der Waals surface area contributed by atoms with Crippen LogP contribution in [0.3, 0.4) is 0 Å². The standard InChI is InChI=1S/C29H28F3N5O3/c30-22-4-1-19(2-5-22)28(39)37-13-11-35(12-14-37)26-6-3-20(29(40)36-9-7-33-8-10-36)17-25(26)34-27(38)21-15-23(31)18-24(32)16-21/h1-6,15-18,33H,7-14H2,(H,34,38). The zero-order valence-electron chi connectivity index (χ0n) is 21.6. The number of anilines is 2. The van der Waals surface area contributed by atoms with Crippen LogP contribution in [0.4, 0.5) is 24.5 Å². The van der Waals surface area contributed by atoms with Gasteiger partial charge in [-0.3, -0.25) is 14.4 Å². The molecule has 208 valence electrons. The number of benzene rings is 3. The number of carbonyl (C=O) groups is 3. The first kappa shape index (κ1) is 27.2. The highest BCUT2D eigenvalue weighted by Gasteiger charge is 2.26. The van der Waals surface area contributed by atoms with Crippen molar-refractivity contribution in [3.05, 3.63) is 94.8 Å². The van der Waals surface area contributed by atoms with E-state index in [-0.39, 0.29) is 17.4 Å². The van der Waals surface area contributed by atoms with Gasteiger partial charge in [0.25, 0.3) is 17.7 Å². The molecule has 3 aromatic rings. The van der Waals surface area contributed by atoms with Gasteiger partial charge in [-0.25, -0.2) is 13.2 Å². The van der Waals surface area contributed by atoms with E-state index in [4.69, 9.17) is 0 Å². The van der Waals surface area contributed by atoms with Crippen molar-refractivity contribution in [2.75, 3.05) is 62.6 Å². The highest BCUT2D eigenvalue weighted by atomic mass is 19.1. The minimum absolute atomic E-state index is 0.185. The number of rotatable bonds is 5. The molecule has 0 radical (unpaired) electrons. The maximum atomic E-state index is 13.8. The van der Waals surface area contributed by atoms with Crippen LogP contribution in [0.5, 0.6) is 0 Å². The Hall–Kier alpha value is -4.38. The molecule has 8 nitrogen and oxygen atoms in total. The first-order valence-corrected chi connectivity index (χ1v) is 13.0. The summed E-state index contributed by atoms with van der Waals surface area (Å²) in [7, 11) is 0. The highest BCUT2D eigenvalue weighted by molar-refractivity contribution is 6.07. The predicted molar refractivity (Wildman–Crippen MR) is 144 cm³/mol. The quantitative estimate of drug-likeness (QED) is 0.508. The topological polar surface area (TPSA) is 85.0 Å². The van der Waals surface area contributed by atoms with Gasteiger partial charge in [-0.05, 0) is 54.6 Å². The van der Waals surface area contributed by atoms with E-state index in [1.165, 1.54) is 24.3 Å². The van der Waals surface area contributed by atoms with E-state index in [2.05, 4.69) is 10.6 Å². The lowest BCUT2D eigenvalue weighted by molar-refractivity contribution is 0.0731. The molecule has 2 aliphatic heterocycles. The highest BCUT2D eigenvalue weighted by Crippen LogP contribution is 2.30. The fourth-order valence-corrected chi connectivity index (χ4v) is 4.90. The van der Waals surface area contributed by atoms with Crippen molar-refractivity contribution in [2.24, 2.45) is 0 Å². The zero-order valence-corrected chi connectivity index (χ0v) is 21.6. The van der Waals surface area contributed by atoms with Crippen molar-refractivity contribution in [3.63, 3.8) is 0 Å². The minimum Gasteiger partial charge on any atom is -0.366 e. The molecule has 2 fully saturated rings. The van der Waals surface area contributed by atoms with Gasteiger partial charge in [0.15, 0.2) is 0 Å². The van der Waals surface area contributed by atoms with E-state index in [1.807, 2.05) is 4.90 Å². The molecule has 40 heavy (non-hydrogen) atoms. The fraction of sp³-hybridized carbons (Fsp3) is 0.276. The first-order valence-electron chi connectivity index (χ1n) is 13.0. The minimum atomic E-state index is -0.880. The average Bonchev–Trinajstić information content (AvgIpc) is 2.97. The summed E-state index contributed by atoms with van der Waals surface area (Å²) < 4.78 is 40.8. The van der Waals surface area contributed by atoms with Crippen LogP contribution in [0.25, 0.3) is 0 Å². The van der Waals surface area contributed by atoms with Crippen LogP contribution in [0, 0.1) is 17.5 Å². The van der Waals surface area contributed by atoms with Crippen molar-refractivity contribution in [3.8, 4) is 0 Å². The van der Waals surface area contributed by atoms with Crippen LogP contribution in [0.15, 0.2) is 60.7 Å². The molecule has 2 N–H and O–H groups in total. The molecule has 5 rings (SSSR count). The Morgan fingerprint density at radius 2 is 1.20 bits per heavy atom. The Bertz CT molecular complexity index is 1400. The molecule has 0 aromatic heterocycles. The molecule has 3 aromatic carbocycles. The Morgan fingerprint density at radius 3 is 1.85 bits per heavy atom. The van der Waals surface area contributed by atoms with Crippen LogP contribution < -0.4 is 15.5 Å². The smallest absolute Gasteiger partial charge is 0.255 e. The molecular formula is C29H28F3N5O3. The zero-order chi connectivity index (χ0) is 28.2. The van der Waals surface area contributed by atoms with Crippen molar-refractivity contribution < 1.29 is 27.6 Å². The van der Waals surface area contributed by atoms with E-state index in [0.29, 0.717) is 80.9 Å². The Kier molecular flexibility index (Phi) is 8.01. The average molecular weight is 552 g/mol. The van der Waals surface area contributed by atoms with E-state index in [1.54, 1.807) is 28.0 Å². The second-order valence-corrected chi connectivity index (χ2v) is 9.67. The Labute approximate surface area is 229 Å². The van der Waals surface area contributed by atoms with Gasteiger partial charge in [0, 0.05) is 75.1 Å². The Balaban J connectivity index is 1.38. The first-order chi connectivity index (χ1) is 19.3.